The van der Waals surface area contributed by atoms with Crippen LogP contribution in [0.4, 0.5) is 10.1 Å². The minimum atomic E-state index is -1.10. The molecule has 1 aliphatic heterocycles. The van der Waals surface area contributed by atoms with Crippen LogP contribution in [0.3, 0.4) is 0 Å². The number of hydrogen-bond donors (Lipinski definition) is 1. The zero-order chi connectivity index (χ0) is 24.4. The first-order valence-electron chi connectivity index (χ1n) is 10.3. The van der Waals surface area contributed by atoms with Crippen LogP contribution < -0.4 is 19.1 Å². The van der Waals surface area contributed by atoms with Crippen molar-refractivity contribution in [1.29, 1.82) is 0 Å². The summed E-state index contributed by atoms with van der Waals surface area (Å²) in [4.78, 5) is 27.8. The van der Waals surface area contributed by atoms with Crippen LogP contribution in [0.1, 0.15) is 17.2 Å². The van der Waals surface area contributed by atoms with Crippen LogP contribution in [0.2, 0.25) is 0 Å². The van der Waals surface area contributed by atoms with Gasteiger partial charge in [0.2, 0.25) is 0 Å². The first kappa shape index (κ1) is 22.8. The number of para-hydroxylation sites is 1. The predicted molar refractivity (Wildman–Crippen MR) is 124 cm³/mol. The summed E-state index contributed by atoms with van der Waals surface area (Å²) >= 11 is 0. The Bertz CT molecular complexity index is 1280. The Balaban J connectivity index is 2.06. The average molecular weight is 463 g/mol. The molecule has 1 unspecified atom stereocenters. The van der Waals surface area contributed by atoms with E-state index < -0.39 is 29.3 Å². The first-order chi connectivity index (χ1) is 16.4. The van der Waals surface area contributed by atoms with Gasteiger partial charge in [-0.2, -0.15) is 0 Å². The van der Waals surface area contributed by atoms with E-state index in [1.807, 2.05) is 0 Å². The van der Waals surface area contributed by atoms with Crippen LogP contribution >= 0.6 is 0 Å². The number of ether oxygens (including phenoxy) is 3. The van der Waals surface area contributed by atoms with E-state index in [0.29, 0.717) is 11.3 Å². The smallest absolute Gasteiger partial charge is 0.300 e. The number of carbonyl (C=O) groups is 2. The Morgan fingerprint density at radius 3 is 2.06 bits per heavy atom. The molecular formula is C26H22FNO6. The molecule has 3 aromatic carbocycles. The molecule has 0 bridgehead atoms. The lowest BCUT2D eigenvalue weighted by molar-refractivity contribution is -0.132. The van der Waals surface area contributed by atoms with E-state index in [1.54, 1.807) is 42.5 Å². The first-order valence-corrected chi connectivity index (χ1v) is 10.3. The highest BCUT2D eigenvalue weighted by Crippen LogP contribution is 2.47. The molecule has 1 saturated heterocycles. The minimum absolute atomic E-state index is 0.115. The third-order valence-corrected chi connectivity index (χ3v) is 5.63. The van der Waals surface area contributed by atoms with E-state index in [4.69, 9.17) is 14.2 Å². The highest BCUT2D eigenvalue weighted by atomic mass is 19.1. The molecule has 8 heteroatoms. The standard InChI is InChI=1S/C26H22FNO6/c1-32-18-11-5-4-10-17(18)23-22(24(29)21-19(33-2)12-7-13-20(21)34-3)25(30)26(31)28(23)16-9-6-8-15(27)14-16/h4-14,23,29H,1-3H3/b24-22+. The number of benzene rings is 3. The van der Waals surface area contributed by atoms with Gasteiger partial charge in [0, 0.05) is 11.3 Å². The lowest BCUT2D eigenvalue weighted by Crippen LogP contribution is -2.29. The molecule has 1 N–H and O–H groups in total. The van der Waals surface area contributed by atoms with E-state index in [-0.39, 0.29) is 28.3 Å². The number of methoxy groups -OCH3 is 3. The lowest BCUT2D eigenvalue weighted by atomic mass is 9.94. The topological polar surface area (TPSA) is 85.3 Å². The molecule has 1 amide bonds. The minimum Gasteiger partial charge on any atom is -0.506 e. The number of nitrogens with zero attached hydrogens (tertiary/aromatic N) is 1. The van der Waals surface area contributed by atoms with E-state index in [1.165, 1.54) is 39.5 Å². The van der Waals surface area contributed by atoms with Crippen molar-refractivity contribution >= 4 is 23.1 Å². The highest BCUT2D eigenvalue weighted by molar-refractivity contribution is 6.51. The Morgan fingerprint density at radius 1 is 0.853 bits per heavy atom. The maximum Gasteiger partial charge on any atom is 0.300 e. The van der Waals surface area contributed by atoms with Gasteiger partial charge in [0.1, 0.15) is 34.4 Å². The SMILES string of the molecule is COc1ccccc1C1/C(=C(\O)c2c(OC)cccc2OC)C(=O)C(=O)N1c1cccc(F)c1. The number of hydrogen-bond acceptors (Lipinski definition) is 6. The Hall–Kier alpha value is -4.33. The third-order valence-electron chi connectivity index (χ3n) is 5.63. The molecule has 0 aliphatic carbocycles. The molecule has 0 radical (unpaired) electrons. The van der Waals surface area contributed by atoms with Gasteiger partial charge in [-0.3, -0.25) is 14.5 Å². The van der Waals surface area contributed by atoms with Gasteiger partial charge in [-0.15, -0.1) is 0 Å². The average Bonchev–Trinajstić information content (AvgIpc) is 3.13. The molecule has 0 aromatic heterocycles. The number of carbonyl (C=O) groups excluding carboxylic acids is 2. The van der Waals surface area contributed by atoms with Crippen LogP contribution in [-0.4, -0.2) is 38.1 Å². The van der Waals surface area contributed by atoms with E-state index in [2.05, 4.69) is 0 Å². The summed E-state index contributed by atoms with van der Waals surface area (Å²) in [6.45, 7) is 0. The number of halogens is 1. The Morgan fingerprint density at radius 2 is 1.44 bits per heavy atom. The van der Waals surface area contributed by atoms with Crippen molar-refractivity contribution in [1.82, 2.24) is 0 Å². The van der Waals surface area contributed by atoms with Gasteiger partial charge in [0.05, 0.1) is 32.9 Å². The van der Waals surface area contributed by atoms with Crippen LogP contribution in [0.25, 0.3) is 5.76 Å². The van der Waals surface area contributed by atoms with Crippen LogP contribution in [-0.2, 0) is 9.59 Å². The van der Waals surface area contributed by atoms with Gasteiger partial charge in [-0.05, 0) is 36.4 Å². The Labute approximate surface area is 195 Å². The molecule has 34 heavy (non-hydrogen) atoms. The maximum atomic E-state index is 14.1. The third kappa shape index (κ3) is 3.73. The number of anilines is 1. The second-order valence-corrected chi connectivity index (χ2v) is 7.43. The summed E-state index contributed by atoms with van der Waals surface area (Å²) in [6, 6.07) is 15.9. The van der Waals surface area contributed by atoms with Crippen molar-refractivity contribution in [2.45, 2.75) is 6.04 Å². The summed E-state index contributed by atoms with van der Waals surface area (Å²) in [5.74, 6) is -2.05. The fourth-order valence-electron chi connectivity index (χ4n) is 4.13. The van der Waals surface area contributed by atoms with Gasteiger partial charge in [0.25, 0.3) is 11.7 Å². The summed E-state index contributed by atoms with van der Waals surface area (Å²) in [5.41, 5.74) is 0.499. The van der Waals surface area contributed by atoms with Crippen LogP contribution in [0.15, 0.2) is 72.3 Å². The number of Topliss-reactive ketones (excluding diaryl/α,β-unsaturated/α-hetero) is 1. The maximum absolute atomic E-state index is 14.1. The zero-order valence-corrected chi connectivity index (χ0v) is 18.7. The van der Waals surface area contributed by atoms with E-state index >= 15 is 0 Å². The quantitative estimate of drug-likeness (QED) is 0.330. The van der Waals surface area contributed by atoms with Gasteiger partial charge >= 0.3 is 0 Å². The number of ketones is 1. The highest BCUT2D eigenvalue weighted by Gasteiger charge is 2.48. The van der Waals surface area contributed by atoms with Crippen molar-refractivity contribution in [2.75, 3.05) is 26.2 Å². The number of rotatable bonds is 6. The van der Waals surface area contributed by atoms with Gasteiger partial charge in [-0.1, -0.05) is 30.3 Å². The van der Waals surface area contributed by atoms with Crippen molar-refractivity contribution < 1.29 is 33.3 Å². The normalized spacial score (nSPS) is 17.1. The molecule has 1 aliphatic rings. The number of amides is 1. The van der Waals surface area contributed by atoms with Crippen molar-refractivity contribution in [3.8, 4) is 17.2 Å². The van der Waals surface area contributed by atoms with Crippen molar-refractivity contribution in [3.63, 3.8) is 0 Å². The lowest BCUT2D eigenvalue weighted by Gasteiger charge is -2.27. The molecule has 0 saturated carbocycles. The largest absolute Gasteiger partial charge is 0.506 e. The molecule has 1 fully saturated rings. The molecule has 1 heterocycles. The second kappa shape index (κ2) is 9.27. The van der Waals surface area contributed by atoms with Gasteiger partial charge < -0.3 is 19.3 Å². The molecular weight excluding hydrogens is 441 g/mol. The molecule has 174 valence electrons. The molecule has 4 rings (SSSR count). The summed E-state index contributed by atoms with van der Waals surface area (Å²) < 4.78 is 30.3. The summed E-state index contributed by atoms with van der Waals surface area (Å²) in [7, 11) is 4.28. The molecule has 0 spiro atoms. The van der Waals surface area contributed by atoms with Crippen molar-refractivity contribution in [3.05, 3.63) is 89.2 Å². The summed E-state index contributed by atoms with van der Waals surface area (Å²) in [6.07, 6.45) is 0. The Kier molecular flexibility index (Phi) is 6.23. The van der Waals surface area contributed by atoms with Crippen molar-refractivity contribution in [2.24, 2.45) is 0 Å². The second-order valence-electron chi connectivity index (χ2n) is 7.43. The molecule has 3 aromatic rings. The van der Waals surface area contributed by atoms with E-state index in [9.17, 15) is 19.1 Å². The predicted octanol–water partition coefficient (Wildman–Crippen LogP) is 4.48. The number of aliphatic hydroxyl groups excluding tert-OH is 1. The molecule has 7 nitrogen and oxygen atoms in total. The van der Waals surface area contributed by atoms with E-state index in [0.717, 1.165) is 11.0 Å². The number of aliphatic hydroxyl groups is 1. The fraction of sp³-hybridized carbons (Fsp3) is 0.154. The monoisotopic (exact) mass is 463 g/mol. The fourth-order valence-corrected chi connectivity index (χ4v) is 4.13. The van der Waals surface area contributed by atoms with Crippen LogP contribution in [0.5, 0.6) is 17.2 Å². The van der Waals surface area contributed by atoms with Gasteiger partial charge in [-0.25, -0.2) is 4.39 Å². The summed E-state index contributed by atoms with van der Waals surface area (Å²) in [5, 5.41) is 11.5. The zero-order valence-electron chi connectivity index (χ0n) is 18.7. The van der Waals surface area contributed by atoms with Gasteiger partial charge in [0.15, 0.2) is 0 Å². The molecule has 1 atom stereocenters. The van der Waals surface area contributed by atoms with Crippen LogP contribution in [0, 0.1) is 5.82 Å².